The van der Waals surface area contributed by atoms with Gasteiger partial charge in [0.05, 0.1) is 5.75 Å². The van der Waals surface area contributed by atoms with Gasteiger partial charge in [0.25, 0.3) is 0 Å². The molecule has 27 heavy (non-hydrogen) atoms. The van der Waals surface area contributed by atoms with Crippen molar-refractivity contribution in [3.05, 3.63) is 0 Å². The summed E-state index contributed by atoms with van der Waals surface area (Å²) in [6.07, 6.45) is -0.479. The van der Waals surface area contributed by atoms with Crippen molar-refractivity contribution in [3.63, 3.8) is 0 Å². The Kier molecular flexibility index (Phi) is 12.7. The number of halogens is 1. The van der Waals surface area contributed by atoms with Gasteiger partial charge in [-0.1, -0.05) is 0 Å². The summed E-state index contributed by atoms with van der Waals surface area (Å²) in [6, 6.07) is 0. The van der Waals surface area contributed by atoms with Crippen LogP contribution in [0.25, 0.3) is 0 Å². The lowest BCUT2D eigenvalue weighted by Crippen LogP contribution is -2.45. The molecule has 0 atom stereocenters. The molecule has 0 aromatic heterocycles. The van der Waals surface area contributed by atoms with Crippen molar-refractivity contribution in [1.29, 1.82) is 0 Å². The molecule has 1 fully saturated rings. The minimum Gasteiger partial charge on any atom is -0.444 e. The van der Waals surface area contributed by atoms with Crippen LogP contribution in [-0.4, -0.2) is 87.4 Å². The van der Waals surface area contributed by atoms with Gasteiger partial charge in [0.2, 0.25) is 10.0 Å². The van der Waals surface area contributed by atoms with E-state index in [4.69, 9.17) is 4.74 Å². The van der Waals surface area contributed by atoms with Gasteiger partial charge in [-0.3, -0.25) is 4.99 Å². The van der Waals surface area contributed by atoms with Gasteiger partial charge in [-0.25, -0.2) is 17.5 Å². The van der Waals surface area contributed by atoms with Gasteiger partial charge >= 0.3 is 6.09 Å². The highest BCUT2D eigenvalue weighted by Gasteiger charge is 2.23. The standard InChI is InChI=1S/C15H31N5O4S2.HI/c1-15(2,3)24-14(21)19-6-5-17-13(16-4)18-7-12-26(22,23)20-8-10-25-11-9-20;/h5-12H2,1-4H3,(H,19,21)(H2,16,17,18);1H. The summed E-state index contributed by atoms with van der Waals surface area (Å²) in [7, 11) is -1.64. The summed E-state index contributed by atoms with van der Waals surface area (Å²) in [5.41, 5.74) is -0.534. The average molecular weight is 537 g/mol. The number of carbonyl (C=O) groups excluding carboxylic acids is 1. The third-order valence-corrected chi connectivity index (χ3v) is 6.14. The number of guanidine groups is 1. The third kappa shape index (κ3) is 11.9. The van der Waals surface area contributed by atoms with Crippen LogP contribution in [0.1, 0.15) is 20.8 Å². The first-order chi connectivity index (χ1) is 12.1. The van der Waals surface area contributed by atoms with Gasteiger partial charge in [-0.2, -0.15) is 11.8 Å². The van der Waals surface area contributed by atoms with E-state index in [2.05, 4.69) is 20.9 Å². The zero-order valence-corrected chi connectivity index (χ0v) is 20.4. The molecular weight excluding hydrogens is 505 g/mol. The molecule has 12 heteroatoms. The number of amides is 1. The lowest BCUT2D eigenvalue weighted by Gasteiger charge is -2.25. The number of nitrogens with one attached hydrogen (secondary N) is 3. The van der Waals surface area contributed by atoms with Gasteiger partial charge in [0.1, 0.15) is 5.60 Å². The molecule has 0 aliphatic carbocycles. The Bertz CT molecular complexity index is 575. The van der Waals surface area contributed by atoms with Gasteiger partial charge in [0.15, 0.2) is 5.96 Å². The Balaban J connectivity index is 0.00000676. The minimum absolute atomic E-state index is 0. The number of thioether (sulfide) groups is 1. The molecule has 1 heterocycles. The average Bonchev–Trinajstić information content (AvgIpc) is 2.56. The number of sulfonamides is 1. The van der Waals surface area contributed by atoms with Crippen LogP contribution in [0.3, 0.4) is 0 Å². The van der Waals surface area contributed by atoms with E-state index in [-0.39, 0.29) is 36.3 Å². The SMILES string of the molecule is CN=C(NCCNC(=O)OC(C)(C)C)NCCS(=O)(=O)N1CCSCC1.I. The summed E-state index contributed by atoms with van der Waals surface area (Å²) in [6.45, 7) is 7.63. The van der Waals surface area contributed by atoms with E-state index in [9.17, 15) is 13.2 Å². The van der Waals surface area contributed by atoms with E-state index in [1.165, 1.54) is 0 Å². The number of alkyl carbamates (subject to hydrolysis) is 1. The van der Waals surface area contributed by atoms with E-state index in [1.54, 1.807) is 43.9 Å². The van der Waals surface area contributed by atoms with Crippen LogP contribution < -0.4 is 16.0 Å². The molecule has 0 saturated carbocycles. The predicted octanol–water partition coefficient (Wildman–Crippen LogP) is 0.673. The van der Waals surface area contributed by atoms with Crippen molar-refractivity contribution in [2.24, 2.45) is 4.99 Å². The minimum atomic E-state index is -3.24. The Morgan fingerprint density at radius 1 is 1.11 bits per heavy atom. The number of nitrogens with zero attached hydrogens (tertiary/aromatic N) is 2. The molecule has 0 radical (unpaired) electrons. The van der Waals surface area contributed by atoms with Crippen LogP contribution in [0, 0.1) is 0 Å². The highest BCUT2D eigenvalue weighted by Crippen LogP contribution is 2.12. The molecule has 3 N–H and O–H groups in total. The fourth-order valence-corrected chi connectivity index (χ4v) is 4.62. The second kappa shape index (κ2) is 12.9. The smallest absolute Gasteiger partial charge is 0.407 e. The Hall–Kier alpha value is -0.470. The fourth-order valence-electron chi connectivity index (χ4n) is 2.13. The van der Waals surface area contributed by atoms with E-state index >= 15 is 0 Å². The summed E-state index contributed by atoms with van der Waals surface area (Å²) in [4.78, 5) is 15.6. The van der Waals surface area contributed by atoms with E-state index in [1.807, 2.05) is 0 Å². The van der Waals surface area contributed by atoms with Crippen molar-refractivity contribution in [2.45, 2.75) is 26.4 Å². The maximum absolute atomic E-state index is 12.3. The molecule has 0 aromatic rings. The molecule has 9 nitrogen and oxygen atoms in total. The van der Waals surface area contributed by atoms with Crippen molar-refractivity contribution in [3.8, 4) is 0 Å². The Labute approximate surface area is 183 Å². The maximum atomic E-state index is 12.3. The first-order valence-corrected chi connectivity index (χ1v) is 11.4. The maximum Gasteiger partial charge on any atom is 0.407 e. The molecule has 160 valence electrons. The van der Waals surface area contributed by atoms with Crippen LogP contribution in [0.2, 0.25) is 0 Å². The topological polar surface area (TPSA) is 112 Å². The third-order valence-electron chi connectivity index (χ3n) is 3.33. The second-order valence-corrected chi connectivity index (χ2v) is 10.00. The molecular formula is C15H32IN5O4S2. The highest BCUT2D eigenvalue weighted by molar-refractivity contribution is 14.0. The zero-order valence-electron chi connectivity index (χ0n) is 16.4. The van der Waals surface area contributed by atoms with Crippen LogP contribution in [0.15, 0.2) is 4.99 Å². The fraction of sp³-hybridized carbons (Fsp3) is 0.867. The van der Waals surface area contributed by atoms with Crippen molar-refractivity contribution in [2.75, 3.05) is 57.0 Å². The Morgan fingerprint density at radius 2 is 1.67 bits per heavy atom. The number of hydrogen-bond donors (Lipinski definition) is 3. The summed E-state index contributed by atoms with van der Waals surface area (Å²) in [5, 5.41) is 8.62. The Morgan fingerprint density at radius 3 is 2.22 bits per heavy atom. The molecule has 1 rings (SSSR count). The number of aliphatic imine (C=N–C) groups is 1. The summed E-state index contributed by atoms with van der Waals surface area (Å²) in [5.74, 6) is 2.20. The van der Waals surface area contributed by atoms with Crippen LogP contribution in [-0.2, 0) is 14.8 Å². The molecule has 1 amide bonds. The highest BCUT2D eigenvalue weighted by atomic mass is 127. The monoisotopic (exact) mass is 537 g/mol. The number of ether oxygens (including phenoxy) is 1. The van der Waals surface area contributed by atoms with Crippen LogP contribution in [0.5, 0.6) is 0 Å². The molecule has 1 saturated heterocycles. The van der Waals surface area contributed by atoms with Crippen LogP contribution >= 0.6 is 35.7 Å². The second-order valence-electron chi connectivity index (χ2n) is 6.68. The van der Waals surface area contributed by atoms with Gasteiger partial charge < -0.3 is 20.7 Å². The number of hydrogen-bond acceptors (Lipinski definition) is 6. The summed E-state index contributed by atoms with van der Waals surface area (Å²) < 4.78 is 31.2. The lowest BCUT2D eigenvalue weighted by atomic mass is 10.2. The van der Waals surface area contributed by atoms with E-state index in [0.29, 0.717) is 32.1 Å². The molecule has 0 spiro atoms. The predicted molar refractivity (Wildman–Crippen MR) is 122 cm³/mol. The van der Waals surface area contributed by atoms with E-state index < -0.39 is 21.7 Å². The van der Waals surface area contributed by atoms with Crippen molar-refractivity contribution < 1.29 is 17.9 Å². The van der Waals surface area contributed by atoms with Gasteiger partial charge in [-0.15, -0.1) is 24.0 Å². The van der Waals surface area contributed by atoms with Crippen LogP contribution in [0.4, 0.5) is 4.79 Å². The number of rotatable bonds is 7. The molecule has 1 aliphatic rings. The zero-order chi connectivity index (χ0) is 19.6. The quantitative estimate of drug-likeness (QED) is 0.190. The number of carbonyl (C=O) groups is 1. The first kappa shape index (κ1) is 26.5. The molecule has 1 aliphatic heterocycles. The van der Waals surface area contributed by atoms with Gasteiger partial charge in [0, 0.05) is 51.3 Å². The van der Waals surface area contributed by atoms with Crippen molar-refractivity contribution in [1.82, 2.24) is 20.3 Å². The molecule has 0 unspecified atom stereocenters. The van der Waals surface area contributed by atoms with Gasteiger partial charge in [-0.05, 0) is 20.8 Å². The largest absolute Gasteiger partial charge is 0.444 e. The first-order valence-electron chi connectivity index (χ1n) is 8.61. The van der Waals surface area contributed by atoms with Crippen molar-refractivity contribution >= 4 is 57.8 Å². The molecule has 0 bridgehead atoms. The molecule has 0 aromatic carbocycles. The normalized spacial score (nSPS) is 16.2. The summed E-state index contributed by atoms with van der Waals surface area (Å²) >= 11 is 1.77. The lowest BCUT2D eigenvalue weighted by molar-refractivity contribution is 0.0529. The van der Waals surface area contributed by atoms with E-state index in [0.717, 1.165) is 11.5 Å².